The van der Waals surface area contributed by atoms with E-state index in [0.717, 1.165) is 48.5 Å². The van der Waals surface area contributed by atoms with Gasteiger partial charge in [-0.1, -0.05) is 36.2 Å². The van der Waals surface area contributed by atoms with E-state index in [1.54, 1.807) is 0 Å². The molecule has 2 fully saturated rings. The van der Waals surface area contributed by atoms with Gasteiger partial charge in [-0.15, -0.1) is 0 Å². The molecule has 1 aliphatic heterocycles. The monoisotopic (exact) mass is 357 g/mol. The van der Waals surface area contributed by atoms with E-state index in [1.807, 2.05) is 18.2 Å². The Bertz CT molecular complexity index is 510. The van der Waals surface area contributed by atoms with Crippen LogP contribution in [0.1, 0.15) is 44.1 Å². The van der Waals surface area contributed by atoms with Gasteiger partial charge in [-0.3, -0.25) is 5.14 Å². The van der Waals surface area contributed by atoms with Gasteiger partial charge in [0.25, 0.3) is 0 Å². The van der Waals surface area contributed by atoms with Crippen molar-refractivity contribution >= 4 is 23.8 Å². The third-order valence-corrected chi connectivity index (χ3v) is 5.37. The van der Waals surface area contributed by atoms with Crippen molar-refractivity contribution in [1.29, 1.82) is 0 Å². The minimum atomic E-state index is -0.398. The highest BCUT2D eigenvalue weighted by atomic mass is 35.5. The van der Waals surface area contributed by atoms with Crippen molar-refractivity contribution in [1.82, 2.24) is 0 Å². The summed E-state index contributed by atoms with van der Waals surface area (Å²) < 4.78 is 18.0. The first-order chi connectivity index (χ1) is 11.2. The van der Waals surface area contributed by atoms with E-state index in [0.29, 0.717) is 6.61 Å². The van der Waals surface area contributed by atoms with Crippen LogP contribution in [0.5, 0.6) is 0 Å². The Morgan fingerprint density at radius 2 is 1.91 bits per heavy atom. The molecule has 2 aliphatic rings. The van der Waals surface area contributed by atoms with Crippen molar-refractivity contribution in [2.24, 2.45) is 5.14 Å². The molecule has 128 valence electrons. The summed E-state index contributed by atoms with van der Waals surface area (Å²) >= 11 is 7.22. The number of rotatable bonds is 6. The van der Waals surface area contributed by atoms with Crippen LogP contribution in [-0.2, 0) is 20.1 Å². The number of hydrogen-bond donors (Lipinski definition) is 1. The minimum absolute atomic E-state index is 0.0133. The summed E-state index contributed by atoms with van der Waals surface area (Å²) in [5, 5.41) is 6.12. The van der Waals surface area contributed by atoms with Gasteiger partial charge in [0, 0.05) is 30.7 Å². The Kier molecular flexibility index (Phi) is 6.24. The molecule has 0 bridgehead atoms. The van der Waals surface area contributed by atoms with Crippen LogP contribution in [0.15, 0.2) is 24.3 Å². The van der Waals surface area contributed by atoms with Crippen LogP contribution in [0.3, 0.4) is 0 Å². The SMILES string of the molecule is NSOCCC1OC2(CCCCC2)OC1Cc1ccccc1Cl. The second kappa shape index (κ2) is 8.19. The van der Waals surface area contributed by atoms with Crippen LogP contribution in [-0.4, -0.2) is 24.6 Å². The van der Waals surface area contributed by atoms with Crippen molar-refractivity contribution in [3.8, 4) is 0 Å². The molecule has 0 aromatic heterocycles. The molecule has 1 heterocycles. The first-order valence-corrected chi connectivity index (χ1v) is 9.48. The van der Waals surface area contributed by atoms with Gasteiger partial charge in [-0.25, -0.2) is 0 Å². The van der Waals surface area contributed by atoms with Gasteiger partial charge in [-0.2, -0.15) is 0 Å². The molecule has 1 aromatic carbocycles. The highest BCUT2D eigenvalue weighted by molar-refractivity contribution is 7.92. The predicted molar refractivity (Wildman–Crippen MR) is 93.1 cm³/mol. The Morgan fingerprint density at radius 3 is 2.65 bits per heavy atom. The fourth-order valence-electron chi connectivity index (χ4n) is 3.57. The Morgan fingerprint density at radius 1 is 1.17 bits per heavy atom. The second-order valence-electron chi connectivity index (χ2n) is 6.29. The molecule has 1 saturated carbocycles. The molecule has 4 nitrogen and oxygen atoms in total. The molecule has 2 atom stereocenters. The van der Waals surface area contributed by atoms with Gasteiger partial charge < -0.3 is 13.7 Å². The molecular formula is C17H24ClNO3S. The Labute approximate surface area is 147 Å². The minimum Gasteiger partial charge on any atom is -0.344 e. The van der Waals surface area contributed by atoms with Crippen molar-refractivity contribution in [2.75, 3.05) is 6.61 Å². The highest BCUT2D eigenvalue weighted by Gasteiger charge is 2.47. The maximum Gasteiger partial charge on any atom is 0.169 e. The molecule has 0 amide bonds. The normalized spacial score (nSPS) is 26.7. The summed E-state index contributed by atoms with van der Waals surface area (Å²) in [6.07, 6.45) is 7.14. The van der Waals surface area contributed by atoms with Crippen LogP contribution in [0.2, 0.25) is 5.02 Å². The highest BCUT2D eigenvalue weighted by Crippen LogP contribution is 2.42. The van der Waals surface area contributed by atoms with E-state index in [-0.39, 0.29) is 12.2 Å². The lowest BCUT2D eigenvalue weighted by Crippen LogP contribution is -2.33. The van der Waals surface area contributed by atoms with Crippen molar-refractivity contribution in [3.63, 3.8) is 0 Å². The lowest BCUT2D eigenvalue weighted by atomic mass is 9.94. The van der Waals surface area contributed by atoms with Gasteiger partial charge in [0.05, 0.1) is 31.0 Å². The number of halogens is 1. The third kappa shape index (κ3) is 4.41. The van der Waals surface area contributed by atoms with Crippen molar-refractivity contribution in [2.45, 2.75) is 62.9 Å². The van der Waals surface area contributed by atoms with E-state index >= 15 is 0 Å². The largest absolute Gasteiger partial charge is 0.344 e. The van der Waals surface area contributed by atoms with Crippen LogP contribution in [0, 0.1) is 0 Å². The topological polar surface area (TPSA) is 53.7 Å². The molecule has 6 heteroatoms. The van der Waals surface area contributed by atoms with E-state index in [2.05, 4.69) is 6.07 Å². The maximum absolute atomic E-state index is 6.42. The van der Waals surface area contributed by atoms with Crippen LogP contribution >= 0.6 is 23.8 Å². The zero-order valence-corrected chi connectivity index (χ0v) is 14.8. The van der Waals surface area contributed by atoms with Gasteiger partial charge in [0.2, 0.25) is 0 Å². The van der Waals surface area contributed by atoms with Crippen LogP contribution in [0.4, 0.5) is 0 Å². The van der Waals surface area contributed by atoms with Crippen LogP contribution < -0.4 is 5.14 Å². The number of hydrogen-bond acceptors (Lipinski definition) is 5. The van der Waals surface area contributed by atoms with Crippen LogP contribution in [0.25, 0.3) is 0 Å². The predicted octanol–water partition coefficient (Wildman–Crippen LogP) is 4.26. The van der Waals surface area contributed by atoms with E-state index in [4.69, 9.17) is 30.4 Å². The average Bonchev–Trinajstić information content (AvgIpc) is 2.88. The van der Waals surface area contributed by atoms with E-state index in [9.17, 15) is 0 Å². The van der Waals surface area contributed by atoms with Gasteiger partial charge in [0.15, 0.2) is 5.79 Å². The summed E-state index contributed by atoms with van der Waals surface area (Å²) in [6, 6.07) is 7.94. The van der Waals surface area contributed by atoms with E-state index in [1.165, 1.54) is 19.3 Å². The fourth-order valence-corrected chi connectivity index (χ4v) is 3.97. The third-order valence-electron chi connectivity index (χ3n) is 4.70. The molecule has 1 saturated heterocycles. The zero-order valence-electron chi connectivity index (χ0n) is 13.2. The zero-order chi connectivity index (χ0) is 16.1. The Hall–Kier alpha value is -0.300. The Balaban J connectivity index is 1.70. The number of ether oxygens (including phenoxy) is 2. The second-order valence-corrected chi connectivity index (χ2v) is 7.12. The first kappa shape index (κ1) is 17.5. The quantitative estimate of drug-likeness (QED) is 0.468. The molecular weight excluding hydrogens is 334 g/mol. The lowest BCUT2D eigenvalue weighted by Gasteiger charge is -2.32. The number of nitrogens with two attached hydrogens (primary N) is 1. The molecule has 2 N–H and O–H groups in total. The molecule has 1 aliphatic carbocycles. The first-order valence-electron chi connectivity index (χ1n) is 8.30. The molecule has 3 rings (SSSR count). The van der Waals surface area contributed by atoms with Gasteiger partial charge in [0.1, 0.15) is 0 Å². The summed E-state index contributed by atoms with van der Waals surface area (Å²) in [4.78, 5) is 0. The van der Waals surface area contributed by atoms with Crippen molar-refractivity contribution in [3.05, 3.63) is 34.9 Å². The average molecular weight is 358 g/mol. The standard InChI is InChI=1S/C17H24ClNO3S/c18-14-7-3-2-6-13(14)12-16-15(8-11-20-23-19)21-17(22-16)9-4-1-5-10-17/h2-3,6-7,15-16H,1,4-5,8-12,19H2. The molecule has 0 radical (unpaired) electrons. The van der Waals surface area contributed by atoms with E-state index < -0.39 is 5.79 Å². The molecule has 1 aromatic rings. The summed E-state index contributed by atoms with van der Waals surface area (Å²) in [5.74, 6) is -0.398. The summed E-state index contributed by atoms with van der Waals surface area (Å²) in [6.45, 7) is 0.560. The molecule has 23 heavy (non-hydrogen) atoms. The lowest BCUT2D eigenvalue weighted by molar-refractivity contribution is -0.194. The molecule has 2 unspecified atom stereocenters. The maximum atomic E-state index is 6.42. The van der Waals surface area contributed by atoms with Crippen molar-refractivity contribution < 1.29 is 13.7 Å². The summed E-state index contributed by atoms with van der Waals surface area (Å²) in [5.41, 5.74) is 1.11. The fraction of sp³-hybridized carbons (Fsp3) is 0.647. The van der Waals surface area contributed by atoms with Gasteiger partial charge in [-0.05, 0) is 24.5 Å². The number of benzene rings is 1. The smallest absolute Gasteiger partial charge is 0.169 e. The summed E-state index contributed by atoms with van der Waals surface area (Å²) in [7, 11) is 0. The van der Waals surface area contributed by atoms with Gasteiger partial charge >= 0.3 is 0 Å². The molecule has 1 spiro atoms.